The van der Waals surface area contributed by atoms with Gasteiger partial charge in [-0.2, -0.15) is 43.2 Å². The molecular formula is C16H20F6O8S2. The number of rotatable bonds is 9. The van der Waals surface area contributed by atoms with Crippen molar-refractivity contribution < 1.29 is 61.8 Å². The van der Waals surface area contributed by atoms with Gasteiger partial charge in [0.1, 0.15) is 0 Å². The van der Waals surface area contributed by atoms with Crippen LogP contribution < -0.4 is 4.18 Å². The Labute approximate surface area is 180 Å². The zero-order valence-electron chi connectivity index (χ0n) is 17.0. The maximum absolute atomic E-state index is 14.1. The second-order valence-electron chi connectivity index (χ2n) is 7.59. The quantitative estimate of drug-likeness (QED) is 0.290. The summed E-state index contributed by atoms with van der Waals surface area (Å²) in [5, 5.41) is -4.23. The summed E-state index contributed by atoms with van der Waals surface area (Å²) in [4.78, 5) is 0. The largest absolute Gasteiger partial charge is 0.450 e. The predicted molar refractivity (Wildman–Crippen MR) is 97.7 cm³/mol. The minimum absolute atomic E-state index is 0.326. The Hall–Kier alpha value is -1.62. The molecule has 0 spiro atoms. The molecule has 0 radical (unpaired) electrons. The van der Waals surface area contributed by atoms with Crippen molar-refractivity contribution in [3.63, 3.8) is 0 Å². The Morgan fingerprint density at radius 3 is 1.75 bits per heavy atom. The van der Waals surface area contributed by atoms with E-state index in [4.69, 9.17) is 9.29 Å². The van der Waals surface area contributed by atoms with Crippen LogP contribution in [0.25, 0.3) is 0 Å². The molecule has 186 valence electrons. The van der Waals surface area contributed by atoms with Gasteiger partial charge in [0.25, 0.3) is 0 Å². The molecule has 0 amide bonds. The van der Waals surface area contributed by atoms with Crippen molar-refractivity contribution in [3.8, 4) is 5.75 Å². The maximum Gasteiger partial charge on any atom is 0.450 e. The summed E-state index contributed by atoms with van der Waals surface area (Å²) < 4.78 is 144. The summed E-state index contributed by atoms with van der Waals surface area (Å²) >= 11 is 0. The molecule has 1 aromatic rings. The van der Waals surface area contributed by atoms with Gasteiger partial charge in [-0.05, 0) is 23.1 Å². The van der Waals surface area contributed by atoms with Gasteiger partial charge >= 0.3 is 36.7 Å². The lowest BCUT2D eigenvalue weighted by molar-refractivity contribution is -0.247. The van der Waals surface area contributed by atoms with E-state index in [1.54, 1.807) is 20.8 Å². The minimum Gasteiger partial charge on any atom is -0.392 e. The smallest absolute Gasteiger partial charge is 0.392 e. The van der Waals surface area contributed by atoms with Crippen molar-refractivity contribution in [1.82, 2.24) is 0 Å². The van der Waals surface area contributed by atoms with Crippen molar-refractivity contribution >= 4 is 20.2 Å². The number of hydrogen-bond donors (Lipinski definition) is 2. The minimum atomic E-state index is -7.17. The van der Waals surface area contributed by atoms with Gasteiger partial charge in [0, 0.05) is 18.2 Å². The molecule has 8 nitrogen and oxygen atoms in total. The van der Waals surface area contributed by atoms with E-state index < -0.39 is 66.6 Å². The van der Waals surface area contributed by atoms with Crippen LogP contribution in [-0.4, -0.2) is 50.0 Å². The molecule has 32 heavy (non-hydrogen) atoms. The number of aliphatic hydroxyl groups excluding tert-OH is 1. The SMILES string of the molecule is COCc1cc(C(C)(C)C)cc(CO)c1OS(=O)(=O)C(F)(F)C(F)(F)C(F)(F)S(=O)(=O)O. The van der Waals surface area contributed by atoms with Gasteiger partial charge in [-0.1, -0.05) is 20.8 Å². The third-order valence-electron chi connectivity index (χ3n) is 4.14. The standard InChI is InChI=1S/C16H20F6O8S2/c1-13(2,3)11-5-9(7-23)12(10(6-11)8-29-4)30-32(27,28)16(21,22)14(17,18)15(19,20)31(24,25)26/h5-6,23H,7-8H2,1-4H3,(H,24,25,26). The molecule has 0 aliphatic carbocycles. The molecule has 0 aliphatic rings. The highest BCUT2D eigenvalue weighted by Gasteiger charge is 2.83. The van der Waals surface area contributed by atoms with E-state index in [-0.39, 0.29) is 5.56 Å². The van der Waals surface area contributed by atoms with Crippen LogP contribution in [0.4, 0.5) is 26.3 Å². The first kappa shape index (κ1) is 28.4. The molecule has 0 saturated carbocycles. The Kier molecular flexibility index (Phi) is 7.66. The molecular weight excluding hydrogens is 498 g/mol. The zero-order chi connectivity index (χ0) is 25.6. The first-order chi connectivity index (χ1) is 14.1. The summed E-state index contributed by atoms with van der Waals surface area (Å²) in [7, 11) is -13.1. The second-order valence-corrected chi connectivity index (χ2v) is 10.6. The summed E-state index contributed by atoms with van der Waals surface area (Å²) in [5.74, 6) is -8.26. The third-order valence-corrected chi connectivity index (χ3v) is 6.32. The lowest BCUT2D eigenvalue weighted by Gasteiger charge is -2.30. The first-order valence-corrected chi connectivity index (χ1v) is 11.2. The van der Waals surface area contributed by atoms with Gasteiger partial charge in [0.05, 0.1) is 13.2 Å². The highest BCUT2D eigenvalue weighted by molar-refractivity contribution is 7.88. The Morgan fingerprint density at radius 2 is 1.38 bits per heavy atom. The lowest BCUT2D eigenvalue weighted by Crippen LogP contribution is -2.61. The van der Waals surface area contributed by atoms with Gasteiger partial charge in [-0.25, -0.2) is 0 Å². The van der Waals surface area contributed by atoms with Gasteiger partial charge < -0.3 is 14.0 Å². The molecule has 2 N–H and O–H groups in total. The van der Waals surface area contributed by atoms with E-state index in [0.717, 1.165) is 13.2 Å². The molecule has 0 aromatic heterocycles. The van der Waals surface area contributed by atoms with E-state index in [0.29, 0.717) is 5.56 Å². The number of methoxy groups -OCH3 is 1. The average Bonchev–Trinajstić information content (AvgIpc) is 2.60. The molecule has 1 rings (SSSR count). The summed E-state index contributed by atoms with van der Waals surface area (Å²) in [6, 6.07) is 2.30. The highest BCUT2D eigenvalue weighted by Crippen LogP contribution is 2.51. The predicted octanol–water partition coefficient (Wildman–Crippen LogP) is 3.04. The lowest BCUT2D eigenvalue weighted by atomic mass is 9.85. The fraction of sp³-hybridized carbons (Fsp3) is 0.625. The van der Waals surface area contributed by atoms with E-state index >= 15 is 0 Å². The highest BCUT2D eigenvalue weighted by atomic mass is 32.2. The van der Waals surface area contributed by atoms with Gasteiger partial charge in [-0.3, -0.25) is 4.55 Å². The molecule has 0 unspecified atom stereocenters. The monoisotopic (exact) mass is 518 g/mol. The van der Waals surface area contributed by atoms with Crippen LogP contribution in [0.1, 0.15) is 37.5 Å². The molecule has 0 atom stereocenters. The van der Waals surface area contributed by atoms with Crippen LogP contribution in [0.2, 0.25) is 0 Å². The van der Waals surface area contributed by atoms with Crippen LogP contribution >= 0.6 is 0 Å². The summed E-state index contributed by atoms with van der Waals surface area (Å²) in [5.41, 5.74) is -1.05. The van der Waals surface area contributed by atoms with Crippen LogP contribution in [0.3, 0.4) is 0 Å². The van der Waals surface area contributed by atoms with E-state index in [1.165, 1.54) is 6.07 Å². The first-order valence-electron chi connectivity index (χ1n) is 8.39. The number of halogens is 6. The fourth-order valence-electron chi connectivity index (χ4n) is 2.33. The number of benzene rings is 1. The van der Waals surface area contributed by atoms with E-state index in [2.05, 4.69) is 4.18 Å². The number of aliphatic hydroxyl groups is 1. The van der Waals surface area contributed by atoms with Crippen molar-refractivity contribution in [2.45, 2.75) is 55.8 Å². The van der Waals surface area contributed by atoms with Crippen LogP contribution in [0, 0.1) is 0 Å². The molecule has 0 heterocycles. The Morgan fingerprint density at radius 1 is 0.906 bits per heavy atom. The topological polar surface area (TPSA) is 127 Å². The van der Waals surface area contributed by atoms with Crippen molar-refractivity contribution in [3.05, 3.63) is 28.8 Å². The molecule has 0 fully saturated rings. The molecule has 0 saturated heterocycles. The van der Waals surface area contributed by atoms with Crippen molar-refractivity contribution in [1.29, 1.82) is 0 Å². The van der Waals surface area contributed by atoms with Crippen LogP contribution in [-0.2, 0) is 43.6 Å². The van der Waals surface area contributed by atoms with Gasteiger partial charge in [-0.15, -0.1) is 0 Å². The Balaban J connectivity index is 3.72. The van der Waals surface area contributed by atoms with Crippen molar-refractivity contribution in [2.24, 2.45) is 0 Å². The normalized spacial score (nSPS) is 14.5. The number of hydrogen-bond acceptors (Lipinski definition) is 7. The zero-order valence-corrected chi connectivity index (χ0v) is 18.6. The van der Waals surface area contributed by atoms with Crippen LogP contribution in [0.5, 0.6) is 5.75 Å². The summed E-state index contributed by atoms with van der Waals surface area (Å²) in [6.07, 6.45) is 0. The van der Waals surface area contributed by atoms with Gasteiger partial charge in [0.15, 0.2) is 5.75 Å². The average molecular weight is 518 g/mol. The molecule has 0 bridgehead atoms. The number of alkyl halides is 6. The molecule has 1 aromatic carbocycles. The van der Waals surface area contributed by atoms with E-state index in [9.17, 15) is 48.3 Å². The fourth-order valence-corrected chi connectivity index (χ4v) is 3.82. The Bertz CT molecular complexity index is 1060. The third kappa shape index (κ3) is 4.83. The van der Waals surface area contributed by atoms with Gasteiger partial charge in [0.2, 0.25) is 0 Å². The van der Waals surface area contributed by atoms with E-state index in [1.807, 2.05) is 0 Å². The van der Waals surface area contributed by atoms with Crippen molar-refractivity contribution in [2.75, 3.05) is 7.11 Å². The molecule has 0 aliphatic heterocycles. The summed E-state index contributed by atoms with van der Waals surface area (Å²) in [6.45, 7) is 3.47. The number of ether oxygens (including phenoxy) is 1. The molecule has 16 heteroatoms. The maximum atomic E-state index is 14.1. The second kappa shape index (κ2) is 8.62. The van der Waals surface area contributed by atoms with Crippen LogP contribution in [0.15, 0.2) is 12.1 Å².